The minimum atomic E-state index is -0.126. The number of carbonyl (C=O) groups is 1. The van der Waals surface area contributed by atoms with Gasteiger partial charge in [0.25, 0.3) is 5.91 Å². The zero-order valence-corrected chi connectivity index (χ0v) is 17.1. The third-order valence-electron chi connectivity index (χ3n) is 4.83. The van der Waals surface area contributed by atoms with Crippen LogP contribution in [0.4, 0.5) is 11.4 Å². The van der Waals surface area contributed by atoms with E-state index in [1.54, 1.807) is 12.4 Å². The van der Waals surface area contributed by atoms with E-state index < -0.39 is 0 Å². The number of fused-ring (bicyclic) bond motifs is 2. The molecule has 5 aromatic rings. The van der Waals surface area contributed by atoms with Crippen molar-refractivity contribution in [2.24, 2.45) is 0 Å². The van der Waals surface area contributed by atoms with Gasteiger partial charge in [-0.2, -0.15) is 0 Å². The van der Waals surface area contributed by atoms with Crippen molar-refractivity contribution in [3.05, 3.63) is 83.3 Å². The maximum absolute atomic E-state index is 12.6. The lowest BCUT2D eigenvalue weighted by atomic mass is 10.2. The Labute approximate surface area is 177 Å². The van der Waals surface area contributed by atoms with Gasteiger partial charge < -0.3 is 15.6 Å². The number of hydrogen-bond acceptors (Lipinski definition) is 5. The fraction of sp³-hybridized carbons (Fsp3) is 0.0870. The highest BCUT2D eigenvalue weighted by Gasteiger charge is 2.14. The molecule has 0 bridgehead atoms. The zero-order valence-electron chi connectivity index (χ0n) is 16.3. The van der Waals surface area contributed by atoms with Crippen LogP contribution in [0.5, 0.6) is 0 Å². The number of thiophene rings is 1. The summed E-state index contributed by atoms with van der Waals surface area (Å²) >= 11 is 1.43. The van der Waals surface area contributed by atoms with Crippen LogP contribution in [-0.2, 0) is 6.54 Å². The number of aryl methyl sites for hydroxylation is 1. The van der Waals surface area contributed by atoms with Gasteiger partial charge in [-0.15, -0.1) is 11.3 Å². The van der Waals surface area contributed by atoms with Crippen molar-refractivity contribution >= 4 is 49.7 Å². The Morgan fingerprint density at radius 3 is 2.87 bits per heavy atom. The van der Waals surface area contributed by atoms with E-state index in [4.69, 9.17) is 0 Å². The number of carbonyl (C=O) groups excluding carboxylic acids is 1. The lowest BCUT2D eigenvalue weighted by Crippen LogP contribution is -2.22. The van der Waals surface area contributed by atoms with Gasteiger partial charge in [-0.25, -0.2) is 0 Å². The summed E-state index contributed by atoms with van der Waals surface area (Å²) < 4.78 is 0.950. The summed E-state index contributed by atoms with van der Waals surface area (Å²) in [5.41, 5.74) is 5.78. The quantitative estimate of drug-likeness (QED) is 0.372. The van der Waals surface area contributed by atoms with E-state index in [2.05, 4.69) is 43.8 Å². The van der Waals surface area contributed by atoms with E-state index in [-0.39, 0.29) is 5.91 Å². The summed E-state index contributed by atoms with van der Waals surface area (Å²) in [6.07, 6.45) is 3.47. The van der Waals surface area contributed by atoms with Crippen LogP contribution in [0.3, 0.4) is 0 Å². The van der Waals surface area contributed by atoms with Gasteiger partial charge in [0.05, 0.1) is 33.0 Å². The average Bonchev–Trinajstić information content (AvgIpc) is 3.36. The largest absolute Gasteiger partial charge is 0.359 e. The normalized spacial score (nSPS) is 11.1. The highest BCUT2D eigenvalue weighted by atomic mass is 32.1. The van der Waals surface area contributed by atoms with E-state index in [1.807, 2.05) is 43.3 Å². The highest BCUT2D eigenvalue weighted by molar-refractivity contribution is 7.21. The molecule has 0 unspecified atom stereocenters. The number of anilines is 2. The Bertz CT molecular complexity index is 1360. The fourth-order valence-electron chi connectivity index (χ4n) is 3.42. The molecular formula is C23H19N5OS. The van der Waals surface area contributed by atoms with Crippen LogP contribution >= 0.6 is 11.3 Å². The molecule has 3 N–H and O–H groups in total. The molecule has 0 atom stereocenters. The van der Waals surface area contributed by atoms with Crippen LogP contribution in [0.1, 0.15) is 21.1 Å². The molecule has 0 spiro atoms. The summed E-state index contributed by atoms with van der Waals surface area (Å²) in [6, 6.07) is 17.7. The first-order valence-electron chi connectivity index (χ1n) is 9.59. The Balaban J connectivity index is 1.39. The molecule has 148 valence electrons. The molecule has 0 aliphatic carbocycles. The molecule has 0 radical (unpaired) electrons. The number of hydrogen-bond donors (Lipinski definition) is 3. The van der Waals surface area contributed by atoms with E-state index in [0.717, 1.165) is 43.9 Å². The van der Waals surface area contributed by atoms with Gasteiger partial charge >= 0.3 is 0 Å². The second kappa shape index (κ2) is 7.61. The predicted octanol–water partition coefficient (Wildman–Crippen LogP) is 5.15. The number of amides is 1. The Kier molecular flexibility index (Phi) is 4.65. The summed E-state index contributed by atoms with van der Waals surface area (Å²) in [5.74, 6) is -0.126. The van der Waals surface area contributed by atoms with Crippen molar-refractivity contribution in [3.8, 4) is 0 Å². The molecule has 4 heterocycles. The average molecular weight is 414 g/mol. The van der Waals surface area contributed by atoms with Crippen molar-refractivity contribution in [1.29, 1.82) is 0 Å². The van der Waals surface area contributed by atoms with Crippen LogP contribution in [0.15, 0.2) is 67.0 Å². The summed E-state index contributed by atoms with van der Waals surface area (Å²) in [7, 11) is 0. The van der Waals surface area contributed by atoms with E-state index >= 15 is 0 Å². The van der Waals surface area contributed by atoms with Crippen LogP contribution in [0.2, 0.25) is 0 Å². The molecule has 4 aromatic heterocycles. The Hall–Kier alpha value is -3.71. The van der Waals surface area contributed by atoms with Crippen LogP contribution in [0.25, 0.3) is 21.1 Å². The van der Waals surface area contributed by atoms with E-state index in [9.17, 15) is 4.79 Å². The maximum atomic E-state index is 12.6. The molecule has 1 aromatic carbocycles. The number of aromatic nitrogens is 3. The third-order valence-corrected chi connectivity index (χ3v) is 5.98. The first kappa shape index (κ1) is 18.3. The minimum absolute atomic E-state index is 0.126. The topological polar surface area (TPSA) is 82.7 Å². The summed E-state index contributed by atoms with van der Waals surface area (Å²) in [4.78, 5) is 25.3. The van der Waals surface area contributed by atoms with Crippen molar-refractivity contribution in [3.63, 3.8) is 0 Å². The summed E-state index contributed by atoms with van der Waals surface area (Å²) in [6.45, 7) is 2.44. The van der Waals surface area contributed by atoms with Gasteiger partial charge in [0.2, 0.25) is 0 Å². The molecular weight excluding hydrogens is 394 g/mol. The molecule has 5 rings (SSSR count). The molecule has 0 aliphatic heterocycles. The van der Waals surface area contributed by atoms with Crippen LogP contribution in [0, 0.1) is 6.92 Å². The number of H-pyrrole nitrogens is 1. The fourth-order valence-corrected chi connectivity index (χ4v) is 4.42. The van der Waals surface area contributed by atoms with E-state index in [0.29, 0.717) is 11.4 Å². The highest BCUT2D eigenvalue weighted by Crippen LogP contribution is 2.33. The van der Waals surface area contributed by atoms with Crippen molar-refractivity contribution in [2.75, 3.05) is 5.32 Å². The van der Waals surface area contributed by atoms with Gasteiger partial charge in [0.15, 0.2) is 0 Å². The number of pyridine rings is 2. The number of rotatable bonds is 5. The minimum Gasteiger partial charge on any atom is -0.359 e. The number of benzene rings is 1. The van der Waals surface area contributed by atoms with Crippen LogP contribution < -0.4 is 10.6 Å². The standard InChI is InChI=1S/C23H19N5OS/c1-14-10-15-11-16(5-6-18(15)27-14)28-19-7-9-25-20-12-21(30-22(19)20)23(29)26-13-17-4-2-3-8-24-17/h2-12,27H,13H2,1H3,(H,25,28)(H,26,29). The third kappa shape index (κ3) is 3.62. The second-order valence-electron chi connectivity index (χ2n) is 7.07. The van der Waals surface area contributed by atoms with Gasteiger partial charge in [-0.3, -0.25) is 14.8 Å². The van der Waals surface area contributed by atoms with Gasteiger partial charge in [-0.05, 0) is 55.5 Å². The van der Waals surface area contributed by atoms with Crippen molar-refractivity contribution < 1.29 is 4.79 Å². The van der Waals surface area contributed by atoms with Crippen LogP contribution in [-0.4, -0.2) is 20.9 Å². The number of nitrogens with one attached hydrogen (secondary N) is 3. The maximum Gasteiger partial charge on any atom is 0.261 e. The Morgan fingerprint density at radius 2 is 2.00 bits per heavy atom. The molecule has 7 heteroatoms. The first-order valence-corrected chi connectivity index (χ1v) is 10.4. The molecule has 1 amide bonds. The Morgan fingerprint density at radius 1 is 1.07 bits per heavy atom. The van der Waals surface area contributed by atoms with Gasteiger partial charge in [-0.1, -0.05) is 6.07 Å². The lowest BCUT2D eigenvalue weighted by Gasteiger charge is -2.07. The van der Waals surface area contributed by atoms with Crippen molar-refractivity contribution in [2.45, 2.75) is 13.5 Å². The monoisotopic (exact) mass is 413 g/mol. The SMILES string of the molecule is Cc1cc2cc(Nc3ccnc4cc(C(=O)NCc5ccccn5)sc34)ccc2[nH]1. The molecule has 6 nitrogen and oxygen atoms in total. The summed E-state index contributed by atoms with van der Waals surface area (Å²) in [5, 5.41) is 7.55. The van der Waals surface area contributed by atoms with Gasteiger partial charge in [0.1, 0.15) is 0 Å². The number of aromatic amines is 1. The van der Waals surface area contributed by atoms with Gasteiger partial charge in [0, 0.05) is 34.7 Å². The smallest absolute Gasteiger partial charge is 0.261 e. The molecule has 30 heavy (non-hydrogen) atoms. The molecule has 0 saturated carbocycles. The van der Waals surface area contributed by atoms with Crippen molar-refractivity contribution in [1.82, 2.24) is 20.3 Å². The number of nitrogens with zero attached hydrogens (tertiary/aromatic N) is 2. The molecule has 0 fully saturated rings. The molecule has 0 aliphatic rings. The second-order valence-corrected chi connectivity index (χ2v) is 8.12. The molecule has 0 saturated heterocycles. The lowest BCUT2D eigenvalue weighted by molar-refractivity contribution is 0.0954. The van der Waals surface area contributed by atoms with E-state index in [1.165, 1.54) is 11.3 Å². The predicted molar refractivity (Wildman–Crippen MR) is 121 cm³/mol. The zero-order chi connectivity index (χ0) is 20.5. The first-order chi connectivity index (χ1) is 14.7.